The van der Waals surface area contributed by atoms with Crippen molar-refractivity contribution in [2.24, 2.45) is 5.92 Å². The van der Waals surface area contributed by atoms with Gasteiger partial charge in [-0.2, -0.15) is 0 Å². The molecular formula is C16H26N2O3. The van der Waals surface area contributed by atoms with Crippen LogP contribution in [0.2, 0.25) is 0 Å². The first-order chi connectivity index (χ1) is 10.1. The Bertz CT molecular complexity index is 426. The number of piperazine rings is 1. The molecule has 4 unspecified atom stereocenters. The molecule has 3 fully saturated rings. The maximum absolute atomic E-state index is 12.8. The van der Waals surface area contributed by atoms with Crippen molar-refractivity contribution in [3.63, 3.8) is 0 Å². The number of piperidine rings is 1. The summed E-state index contributed by atoms with van der Waals surface area (Å²) in [5.74, 6) is 0.666. The van der Waals surface area contributed by atoms with Gasteiger partial charge in [0.25, 0.3) is 0 Å². The van der Waals surface area contributed by atoms with Gasteiger partial charge < -0.3 is 14.5 Å². The van der Waals surface area contributed by atoms with Crippen LogP contribution in [0.1, 0.15) is 46.0 Å². The minimum atomic E-state index is -0.315. The predicted molar refractivity (Wildman–Crippen MR) is 78.7 cm³/mol. The van der Waals surface area contributed by atoms with Crippen LogP contribution in [0, 0.1) is 5.92 Å². The molecule has 0 spiro atoms. The van der Waals surface area contributed by atoms with E-state index in [1.807, 2.05) is 16.7 Å². The number of carbonyl (C=O) groups is 2. The van der Waals surface area contributed by atoms with E-state index in [9.17, 15) is 9.59 Å². The summed E-state index contributed by atoms with van der Waals surface area (Å²) < 4.78 is 5.73. The summed E-state index contributed by atoms with van der Waals surface area (Å²) in [5, 5.41) is 0. The lowest BCUT2D eigenvalue weighted by molar-refractivity contribution is -0.163. The lowest BCUT2D eigenvalue weighted by Crippen LogP contribution is -2.65. The molecule has 2 amide bonds. The van der Waals surface area contributed by atoms with Crippen LogP contribution >= 0.6 is 0 Å². The number of hydrogen-bond donors (Lipinski definition) is 0. The molecule has 0 aromatic rings. The predicted octanol–water partition coefficient (Wildman–Crippen LogP) is 1.41. The Labute approximate surface area is 126 Å². The fourth-order valence-electron chi connectivity index (χ4n) is 4.06. The molecule has 3 saturated heterocycles. The highest BCUT2D eigenvalue weighted by Crippen LogP contribution is 2.30. The number of carbonyl (C=O) groups excluding carboxylic acids is 2. The highest BCUT2D eigenvalue weighted by atomic mass is 16.5. The van der Waals surface area contributed by atoms with Gasteiger partial charge in [-0.15, -0.1) is 0 Å². The van der Waals surface area contributed by atoms with Gasteiger partial charge in [0.1, 0.15) is 12.1 Å². The summed E-state index contributed by atoms with van der Waals surface area (Å²) in [7, 11) is 0. The van der Waals surface area contributed by atoms with E-state index in [1.54, 1.807) is 0 Å². The minimum Gasteiger partial charge on any atom is -0.378 e. The van der Waals surface area contributed by atoms with E-state index >= 15 is 0 Å². The highest BCUT2D eigenvalue weighted by Gasteiger charge is 2.45. The Balaban J connectivity index is 1.74. The second-order valence-electron chi connectivity index (χ2n) is 6.58. The van der Waals surface area contributed by atoms with Crippen LogP contribution in [0.25, 0.3) is 0 Å². The normalized spacial score (nSPS) is 37.0. The Morgan fingerprint density at radius 3 is 2.76 bits per heavy atom. The molecule has 0 aliphatic carbocycles. The molecule has 3 aliphatic rings. The molecule has 21 heavy (non-hydrogen) atoms. The average molecular weight is 294 g/mol. The zero-order valence-electron chi connectivity index (χ0n) is 13.1. The van der Waals surface area contributed by atoms with Gasteiger partial charge in [0, 0.05) is 25.6 Å². The standard InChI is InChI=1S/C16H26N2O3/c1-3-14-12(7-9-21-14)10-18-11(2)15(19)17-8-5-4-6-13(17)16(18)20/h11-14H,3-10H2,1-2H3. The van der Waals surface area contributed by atoms with Crippen LogP contribution in [-0.4, -0.2) is 59.5 Å². The Morgan fingerprint density at radius 1 is 1.19 bits per heavy atom. The third kappa shape index (κ3) is 2.56. The lowest BCUT2D eigenvalue weighted by Gasteiger charge is -2.46. The molecule has 0 bridgehead atoms. The number of ether oxygens (including phenoxy) is 1. The van der Waals surface area contributed by atoms with E-state index in [2.05, 4.69) is 6.92 Å². The van der Waals surface area contributed by atoms with Gasteiger partial charge >= 0.3 is 0 Å². The van der Waals surface area contributed by atoms with Crippen LogP contribution in [0.4, 0.5) is 0 Å². The van der Waals surface area contributed by atoms with Crippen LogP contribution in [-0.2, 0) is 14.3 Å². The quantitative estimate of drug-likeness (QED) is 0.791. The fraction of sp³-hybridized carbons (Fsp3) is 0.875. The van der Waals surface area contributed by atoms with Gasteiger partial charge in [-0.25, -0.2) is 0 Å². The van der Waals surface area contributed by atoms with Crippen molar-refractivity contribution in [2.75, 3.05) is 19.7 Å². The van der Waals surface area contributed by atoms with E-state index in [0.29, 0.717) is 12.5 Å². The van der Waals surface area contributed by atoms with Crippen molar-refractivity contribution in [1.82, 2.24) is 9.80 Å². The third-order valence-electron chi connectivity index (χ3n) is 5.36. The summed E-state index contributed by atoms with van der Waals surface area (Å²) in [4.78, 5) is 29.0. The number of amides is 2. The Morgan fingerprint density at radius 2 is 2.00 bits per heavy atom. The molecule has 0 saturated carbocycles. The van der Waals surface area contributed by atoms with Crippen molar-refractivity contribution in [1.29, 1.82) is 0 Å². The summed E-state index contributed by atoms with van der Waals surface area (Å²) in [6.07, 6.45) is 5.11. The van der Waals surface area contributed by atoms with Crippen molar-refractivity contribution < 1.29 is 14.3 Å². The molecule has 118 valence electrons. The number of hydrogen-bond acceptors (Lipinski definition) is 3. The molecular weight excluding hydrogens is 268 g/mol. The second-order valence-corrected chi connectivity index (χ2v) is 6.58. The number of nitrogens with zero attached hydrogens (tertiary/aromatic N) is 2. The molecule has 5 heteroatoms. The van der Waals surface area contributed by atoms with Crippen molar-refractivity contribution in [3.05, 3.63) is 0 Å². The molecule has 4 atom stereocenters. The third-order valence-corrected chi connectivity index (χ3v) is 5.36. The zero-order valence-corrected chi connectivity index (χ0v) is 13.1. The molecule has 0 N–H and O–H groups in total. The summed E-state index contributed by atoms with van der Waals surface area (Å²) in [6, 6.07) is -0.519. The maximum Gasteiger partial charge on any atom is 0.246 e. The van der Waals surface area contributed by atoms with Crippen LogP contribution < -0.4 is 0 Å². The van der Waals surface area contributed by atoms with Gasteiger partial charge in [-0.3, -0.25) is 9.59 Å². The first-order valence-electron chi connectivity index (χ1n) is 8.36. The molecule has 3 heterocycles. The smallest absolute Gasteiger partial charge is 0.246 e. The molecule has 3 rings (SSSR count). The van der Waals surface area contributed by atoms with E-state index < -0.39 is 0 Å². The molecule has 0 aromatic heterocycles. The summed E-state index contributed by atoms with van der Waals surface area (Å²) in [6.45, 7) is 6.20. The molecule has 3 aliphatic heterocycles. The Hall–Kier alpha value is -1.10. The van der Waals surface area contributed by atoms with E-state index in [0.717, 1.165) is 45.3 Å². The minimum absolute atomic E-state index is 0.131. The monoisotopic (exact) mass is 294 g/mol. The van der Waals surface area contributed by atoms with Crippen molar-refractivity contribution in [3.8, 4) is 0 Å². The van der Waals surface area contributed by atoms with E-state index in [4.69, 9.17) is 4.74 Å². The van der Waals surface area contributed by atoms with Crippen LogP contribution in [0.5, 0.6) is 0 Å². The molecule has 0 aromatic carbocycles. The van der Waals surface area contributed by atoms with E-state index in [-0.39, 0.29) is 30.0 Å². The fourth-order valence-corrected chi connectivity index (χ4v) is 4.06. The topological polar surface area (TPSA) is 49.9 Å². The van der Waals surface area contributed by atoms with Gasteiger partial charge in [-0.05, 0) is 39.0 Å². The zero-order chi connectivity index (χ0) is 15.0. The van der Waals surface area contributed by atoms with Gasteiger partial charge in [-0.1, -0.05) is 6.92 Å². The lowest BCUT2D eigenvalue weighted by atomic mass is 9.93. The number of fused-ring (bicyclic) bond motifs is 1. The summed E-state index contributed by atoms with van der Waals surface area (Å²) in [5.41, 5.74) is 0. The molecule has 5 nitrogen and oxygen atoms in total. The first-order valence-corrected chi connectivity index (χ1v) is 8.36. The van der Waals surface area contributed by atoms with Crippen LogP contribution in [0.3, 0.4) is 0 Å². The van der Waals surface area contributed by atoms with Crippen molar-refractivity contribution in [2.45, 2.75) is 64.1 Å². The van der Waals surface area contributed by atoms with Gasteiger partial charge in [0.2, 0.25) is 11.8 Å². The van der Waals surface area contributed by atoms with Gasteiger partial charge in [0.15, 0.2) is 0 Å². The second kappa shape index (κ2) is 5.95. The van der Waals surface area contributed by atoms with Crippen LogP contribution in [0.15, 0.2) is 0 Å². The number of rotatable bonds is 3. The average Bonchev–Trinajstić information content (AvgIpc) is 2.96. The summed E-state index contributed by atoms with van der Waals surface area (Å²) >= 11 is 0. The van der Waals surface area contributed by atoms with Crippen molar-refractivity contribution >= 4 is 11.8 Å². The van der Waals surface area contributed by atoms with E-state index in [1.165, 1.54) is 0 Å². The SMILES string of the molecule is CCC1OCCC1CN1C(=O)C2CCCCN2C(=O)C1C. The highest BCUT2D eigenvalue weighted by molar-refractivity contribution is 5.96. The molecule has 0 radical (unpaired) electrons. The van der Waals surface area contributed by atoms with Gasteiger partial charge in [0.05, 0.1) is 6.10 Å². The Kier molecular flexibility index (Phi) is 4.20. The maximum atomic E-state index is 12.8. The first kappa shape index (κ1) is 14.8. The largest absolute Gasteiger partial charge is 0.378 e.